The molecule has 0 aliphatic carbocycles. The van der Waals surface area contributed by atoms with Crippen LogP contribution < -0.4 is 16.4 Å². The lowest BCUT2D eigenvalue weighted by Gasteiger charge is -2.19. The first-order chi connectivity index (χ1) is 8.06. The van der Waals surface area contributed by atoms with Crippen LogP contribution in [0.3, 0.4) is 0 Å². The van der Waals surface area contributed by atoms with Gasteiger partial charge in [-0.2, -0.15) is 0 Å². The molecule has 3 amide bonds. The summed E-state index contributed by atoms with van der Waals surface area (Å²) in [5.41, 5.74) is 5.62. The molecule has 0 bridgehead atoms. The lowest BCUT2D eigenvalue weighted by atomic mass is 10.1. The Morgan fingerprint density at radius 1 is 1.47 bits per heavy atom. The minimum Gasteiger partial charge on any atom is -0.338 e. The molecule has 0 aromatic rings. The zero-order valence-electron chi connectivity index (χ0n) is 10.5. The summed E-state index contributed by atoms with van der Waals surface area (Å²) in [5.74, 6) is 0.197. The molecule has 4 N–H and O–H groups in total. The van der Waals surface area contributed by atoms with Crippen molar-refractivity contribution in [3.05, 3.63) is 0 Å². The number of hydrogen-bond acceptors (Lipinski definition) is 4. The van der Waals surface area contributed by atoms with Crippen molar-refractivity contribution in [2.45, 2.75) is 26.3 Å². The van der Waals surface area contributed by atoms with E-state index in [1.807, 2.05) is 0 Å². The molecular weight excluding hydrogens is 220 g/mol. The van der Waals surface area contributed by atoms with Gasteiger partial charge in [-0.15, -0.1) is 0 Å². The number of imide groups is 1. The highest BCUT2D eigenvalue weighted by Crippen LogP contribution is 2.21. The lowest BCUT2D eigenvalue weighted by Crippen LogP contribution is -2.45. The topological polar surface area (TPSA) is 87.5 Å². The first-order valence-corrected chi connectivity index (χ1v) is 6.08. The molecule has 0 spiro atoms. The van der Waals surface area contributed by atoms with Gasteiger partial charge in [-0.3, -0.25) is 15.0 Å². The average Bonchev–Trinajstić information content (AvgIpc) is 2.59. The van der Waals surface area contributed by atoms with E-state index in [1.165, 1.54) is 0 Å². The van der Waals surface area contributed by atoms with E-state index >= 15 is 0 Å². The normalized spacial score (nSPS) is 24.6. The van der Waals surface area contributed by atoms with Crippen LogP contribution in [-0.2, 0) is 4.79 Å². The first-order valence-electron chi connectivity index (χ1n) is 6.08. The maximum atomic E-state index is 11.6. The Bertz CT molecular complexity index is 283. The summed E-state index contributed by atoms with van der Waals surface area (Å²) >= 11 is 0. The molecule has 17 heavy (non-hydrogen) atoms. The molecule has 2 unspecified atom stereocenters. The molecule has 2 atom stereocenters. The Hall–Kier alpha value is -1.14. The molecule has 1 saturated heterocycles. The van der Waals surface area contributed by atoms with Gasteiger partial charge in [-0.1, -0.05) is 0 Å². The second-order valence-corrected chi connectivity index (χ2v) is 4.52. The van der Waals surface area contributed by atoms with Gasteiger partial charge < -0.3 is 11.1 Å². The summed E-state index contributed by atoms with van der Waals surface area (Å²) < 4.78 is 0. The van der Waals surface area contributed by atoms with Crippen molar-refractivity contribution in [2.75, 3.05) is 26.2 Å². The lowest BCUT2D eigenvalue weighted by molar-refractivity contribution is -0.121. The van der Waals surface area contributed by atoms with E-state index in [-0.39, 0.29) is 12.5 Å². The fourth-order valence-electron chi connectivity index (χ4n) is 2.16. The maximum Gasteiger partial charge on any atom is 0.321 e. The van der Waals surface area contributed by atoms with Gasteiger partial charge in [0.2, 0.25) is 5.91 Å². The van der Waals surface area contributed by atoms with Crippen LogP contribution in [-0.4, -0.2) is 49.1 Å². The van der Waals surface area contributed by atoms with E-state index in [0.717, 1.165) is 13.0 Å². The van der Waals surface area contributed by atoms with Crippen molar-refractivity contribution in [2.24, 2.45) is 11.7 Å². The highest BCUT2D eigenvalue weighted by atomic mass is 16.2. The zero-order valence-corrected chi connectivity index (χ0v) is 10.5. The monoisotopic (exact) mass is 242 g/mol. The summed E-state index contributed by atoms with van der Waals surface area (Å²) in [6.45, 7) is 6.13. The van der Waals surface area contributed by atoms with Gasteiger partial charge in [0.05, 0.1) is 6.54 Å². The molecule has 1 aliphatic heterocycles. The predicted octanol–water partition coefficient (Wildman–Crippen LogP) is -0.499. The molecule has 0 radical (unpaired) electrons. The van der Waals surface area contributed by atoms with Gasteiger partial charge in [0, 0.05) is 19.1 Å². The third-order valence-electron chi connectivity index (χ3n) is 3.06. The molecule has 0 aromatic carbocycles. The number of urea groups is 1. The van der Waals surface area contributed by atoms with Crippen LogP contribution in [0.2, 0.25) is 0 Å². The molecule has 98 valence electrons. The number of hydrogen-bond donors (Lipinski definition) is 3. The largest absolute Gasteiger partial charge is 0.338 e. The summed E-state index contributed by atoms with van der Waals surface area (Å²) in [4.78, 5) is 24.8. The van der Waals surface area contributed by atoms with Crippen LogP contribution >= 0.6 is 0 Å². The number of rotatable bonds is 4. The maximum absolute atomic E-state index is 11.6. The van der Waals surface area contributed by atoms with Crippen LogP contribution in [0.15, 0.2) is 0 Å². The fraction of sp³-hybridized carbons (Fsp3) is 0.818. The number of carbonyl (C=O) groups is 2. The Balaban J connectivity index is 2.34. The third kappa shape index (κ3) is 4.32. The van der Waals surface area contributed by atoms with Crippen LogP contribution in [0.5, 0.6) is 0 Å². The zero-order chi connectivity index (χ0) is 12.8. The van der Waals surface area contributed by atoms with E-state index in [9.17, 15) is 9.59 Å². The van der Waals surface area contributed by atoms with E-state index in [4.69, 9.17) is 5.73 Å². The number of nitrogens with one attached hydrogen (secondary N) is 2. The molecule has 6 nitrogen and oxygen atoms in total. The molecule has 1 rings (SSSR count). The minimum atomic E-state index is -0.431. The molecule has 0 aromatic heterocycles. The summed E-state index contributed by atoms with van der Waals surface area (Å²) in [7, 11) is 0. The number of carbonyl (C=O) groups excluding carboxylic acids is 2. The third-order valence-corrected chi connectivity index (χ3v) is 3.06. The number of nitrogens with zero attached hydrogens (tertiary/aromatic N) is 1. The van der Waals surface area contributed by atoms with Crippen molar-refractivity contribution in [3.8, 4) is 0 Å². The number of likely N-dealkylation sites (tertiary alicyclic amines) is 1. The molecule has 1 fully saturated rings. The van der Waals surface area contributed by atoms with Gasteiger partial charge in [-0.05, 0) is 32.7 Å². The second-order valence-electron chi connectivity index (χ2n) is 4.52. The second kappa shape index (κ2) is 6.56. The van der Waals surface area contributed by atoms with Crippen LogP contribution in [0.1, 0.15) is 20.3 Å². The van der Waals surface area contributed by atoms with Crippen molar-refractivity contribution in [1.82, 2.24) is 15.5 Å². The minimum absolute atomic E-state index is 0.259. The van der Waals surface area contributed by atoms with Crippen molar-refractivity contribution in [1.29, 1.82) is 0 Å². The van der Waals surface area contributed by atoms with E-state index < -0.39 is 6.03 Å². The van der Waals surface area contributed by atoms with Crippen LogP contribution in [0, 0.1) is 5.92 Å². The van der Waals surface area contributed by atoms with Crippen molar-refractivity contribution < 1.29 is 9.59 Å². The van der Waals surface area contributed by atoms with E-state index in [1.54, 1.807) is 6.92 Å². The summed E-state index contributed by atoms with van der Waals surface area (Å²) in [5, 5.41) is 4.82. The SMILES string of the molecule is CCNC(=O)NC(=O)CN1CC(CN)CC1C. The Morgan fingerprint density at radius 2 is 2.18 bits per heavy atom. The number of amides is 3. The molecule has 1 aliphatic rings. The summed E-state index contributed by atoms with van der Waals surface area (Å²) in [6, 6.07) is -0.0803. The van der Waals surface area contributed by atoms with Gasteiger partial charge >= 0.3 is 6.03 Å². The Morgan fingerprint density at radius 3 is 2.71 bits per heavy atom. The molecule has 1 heterocycles. The standard InChI is InChI=1S/C11H22N4O2/c1-3-13-11(17)14-10(16)7-15-6-9(5-12)4-8(15)2/h8-9H,3-7,12H2,1-2H3,(H2,13,14,16,17). The molecule has 0 saturated carbocycles. The van der Waals surface area contributed by atoms with Gasteiger partial charge in [0.25, 0.3) is 0 Å². The van der Waals surface area contributed by atoms with Gasteiger partial charge in [-0.25, -0.2) is 4.79 Å². The van der Waals surface area contributed by atoms with Crippen LogP contribution in [0.25, 0.3) is 0 Å². The Kier molecular flexibility index (Phi) is 5.37. The smallest absolute Gasteiger partial charge is 0.321 e. The average molecular weight is 242 g/mol. The van der Waals surface area contributed by atoms with Crippen LogP contribution in [0.4, 0.5) is 4.79 Å². The first kappa shape index (κ1) is 13.9. The van der Waals surface area contributed by atoms with E-state index in [2.05, 4.69) is 22.5 Å². The van der Waals surface area contributed by atoms with Gasteiger partial charge in [0.15, 0.2) is 0 Å². The van der Waals surface area contributed by atoms with Crippen molar-refractivity contribution in [3.63, 3.8) is 0 Å². The van der Waals surface area contributed by atoms with E-state index in [0.29, 0.717) is 25.0 Å². The Labute approximate surface area is 102 Å². The molecular formula is C11H22N4O2. The summed E-state index contributed by atoms with van der Waals surface area (Å²) in [6.07, 6.45) is 1.02. The highest BCUT2D eigenvalue weighted by molar-refractivity contribution is 5.95. The fourth-order valence-corrected chi connectivity index (χ4v) is 2.16. The quantitative estimate of drug-likeness (QED) is 0.620. The van der Waals surface area contributed by atoms with Crippen molar-refractivity contribution >= 4 is 11.9 Å². The number of nitrogens with two attached hydrogens (primary N) is 1. The van der Waals surface area contributed by atoms with Gasteiger partial charge in [0.1, 0.15) is 0 Å². The molecule has 6 heteroatoms. The predicted molar refractivity (Wildman–Crippen MR) is 65.4 cm³/mol. The highest BCUT2D eigenvalue weighted by Gasteiger charge is 2.29.